The second kappa shape index (κ2) is 11.6. The Labute approximate surface area is 210 Å². The monoisotopic (exact) mass is 535 g/mol. The lowest BCUT2D eigenvalue weighted by atomic mass is 10.2. The molecule has 34 heavy (non-hydrogen) atoms. The van der Waals surface area contributed by atoms with E-state index in [1.807, 2.05) is 90.4 Å². The quantitative estimate of drug-likeness (QED) is 0.178. The van der Waals surface area contributed by atoms with Crippen LogP contribution in [-0.2, 0) is 4.79 Å². The van der Waals surface area contributed by atoms with Crippen molar-refractivity contribution in [2.75, 3.05) is 12.4 Å². The first kappa shape index (κ1) is 23.7. The highest BCUT2D eigenvalue weighted by atomic mass is 79.9. The molecule has 1 amide bonds. The van der Waals surface area contributed by atoms with Gasteiger partial charge in [0.15, 0.2) is 11.0 Å². The van der Waals surface area contributed by atoms with E-state index >= 15 is 0 Å². The molecule has 1 aromatic heterocycles. The summed E-state index contributed by atoms with van der Waals surface area (Å²) in [5, 5.41) is 13.4. The van der Waals surface area contributed by atoms with E-state index in [1.165, 1.54) is 11.8 Å². The van der Waals surface area contributed by atoms with E-state index in [4.69, 9.17) is 4.74 Å². The topological polar surface area (TPSA) is 81.4 Å². The summed E-state index contributed by atoms with van der Waals surface area (Å²) in [6.07, 6.45) is 1.60. The SMILES string of the molecule is CCOc1ccc(-n2c(SCC(=O)NN=Cc3cccc(Br)c3)nnc2-c2ccccc2)cc1. The molecule has 0 aliphatic carbocycles. The molecular weight excluding hydrogens is 514 g/mol. The summed E-state index contributed by atoms with van der Waals surface area (Å²) in [4.78, 5) is 12.4. The van der Waals surface area contributed by atoms with E-state index in [0.29, 0.717) is 17.6 Å². The van der Waals surface area contributed by atoms with Crippen LogP contribution in [0.3, 0.4) is 0 Å². The predicted molar refractivity (Wildman–Crippen MR) is 139 cm³/mol. The van der Waals surface area contributed by atoms with Crippen molar-refractivity contribution in [3.63, 3.8) is 0 Å². The second-order valence-electron chi connectivity index (χ2n) is 7.07. The van der Waals surface area contributed by atoms with Crippen LogP contribution in [0.4, 0.5) is 0 Å². The average molecular weight is 536 g/mol. The zero-order valence-corrected chi connectivity index (χ0v) is 20.8. The maximum atomic E-state index is 12.4. The minimum atomic E-state index is -0.237. The molecule has 0 bridgehead atoms. The summed E-state index contributed by atoms with van der Waals surface area (Å²) in [6, 6.07) is 25.2. The third-order valence-electron chi connectivity index (χ3n) is 4.66. The molecule has 0 atom stereocenters. The van der Waals surface area contributed by atoms with Gasteiger partial charge in [0.05, 0.1) is 18.6 Å². The maximum Gasteiger partial charge on any atom is 0.250 e. The van der Waals surface area contributed by atoms with Crippen LogP contribution in [0.5, 0.6) is 5.75 Å². The molecule has 0 fully saturated rings. The molecule has 0 spiro atoms. The number of hydrogen-bond acceptors (Lipinski definition) is 6. The van der Waals surface area contributed by atoms with Crippen LogP contribution in [0.15, 0.2) is 93.6 Å². The maximum absolute atomic E-state index is 12.4. The van der Waals surface area contributed by atoms with Crippen molar-refractivity contribution in [3.8, 4) is 22.8 Å². The Balaban J connectivity index is 1.51. The normalized spacial score (nSPS) is 11.0. The van der Waals surface area contributed by atoms with Gasteiger partial charge >= 0.3 is 0 Å². The van der Waals surface area contributed by atoms with Crippen LogP contribution in [0.2, 0.25) is 0 Å². The molecule has 0 aliphatic heterocycles. The number of halogens is 1. The first-order valence-corrected chi connectivity index (χ1v) is 12.4. The van der Waals surface area contributed by atoms with Crippen molar-refractivity contribution >= 4 is 39.8 Å². The van der Waals surface area contributed by atoms with Crippen LogP contribution in [-0.4, -0.2) is 39.2 Å². The summed E-state index contributed by atoms with van der Waals surface area (Å²) in [7, 11) is 0. The Hall–Kier alpha value is -3.43. The van der Waals surface area contributed by atoms with Gasteiger partial charge in [-0.3, -0.25) is 9.36 Å². The van der Waals surface area contributed by atoms with Gasteiger partial charge in [-0.2, -0.15) is 5.10 Å². The van der Waals surface area contributed by atoms with Crippen LogP contribution in [0.25, 0.3) is 17.1 Å². The number of carbonyl (C=O) groups is 1. The minimum Gasteiger partial charge on any atom is -0.494 e. The highest BCUT2D eigenvalue weighted by Gasteiger charge is 2.17. The molecular formula is C25H22BrN5O2S. The fraction of sp³-hybridized carbons (Fsp3) is 0.120. The molecule has 0 unspecified atom stereocenters. The van der Waals surface area contributed by atoms with Crippen molar-refractivity contribution in [3.05, 3.63) is 88.9 Å². The van der Waals surface area contributed by atoms with Crippen molar-refractivity contribution < 1.29 is 9.53 Å². The van der Waals surface area contributed by atoms with E-state index in [0.717, 1.165) is 27.0 Å². The zero-order chi connectivity index (χ0) is 23.8. The summed E-state index contributed by atoms with van der Waals surface area (Å²) in [6.45, 7) is 2.55. The van der Waals surface area contributed by atoms with E-state index in [9.17, 15) is 4.79 Å². The lowest BCUT2D eigenvalue weighted by Crippen LogP contribution is -2.20. The molecule has 1 heterocycles. The smallest absolute Gasteiger partial charge is 0.250 e. The van der Waals surface area contributed by atoms with Crippen LogP contribution < -0.4 is 10.2 Å². The molecule has 4 rings (SSSR count). The highest BCUT2D eigenvalue weighted by molar-refractivity contribution is 9.10. The predicted octanol–water partition coefficient (Wildman–Crippen LogP) is 5.34. The number of rotatable bonds is 9. The van der Waals surface area contributed by atoms with Crippen molar-refractivity contribution in [1.29, 1.82) is 0 Å². The lowest BCUT2D eigenvalue weighted by Gasteiger charge is -2.11. The Bertz CT molecular complexity index is 1280. The summed E-state index contributed by atoms with van der Waals surface area (Å²) in [5.74, 6) is 1.39. The number of hydrazone groups is 1. The van der Waals surface area contributed by atoms with Gasteiger partial charge in [0.25, 0.3) is 5.91 Å². The number of nitrogens with zero attached hydrogens (tertiary/aromatic N) is 4. The van der Waals surface area contributed by atoms with Gasteiger partial charge < -0.3 is 4.74 Å². The van der Waals surface area contributed by atoms with E-state index in [2.05, 4.69) is 36.7 Å². The Morgan fingerprint density at radius 1 is 1.09 bits per heavy atom. The van der Waals surface area contributed by atoms with Crippen LogP contribution in [0.1, 0.15) is 12.5 Å². The molecule has 1 N–H and O–H groups in total. The number of nitrogens with one attached hydrogen (secondary N) is 1. The number of aromatic nitrogens is 3. The van der Waals surface area contributed by atoms with Crippen molar-refractivity contribution in [1.82, 2.24) is 20.2 Å². The average Bonchev–Trinajstić information content (AvgIpc) is 3.28. The first-order chi connectivity index (χ1) is 16.6. The molecule has 172 valence electrons. The van der Waals surface area contributed by atoms with E-state index in [-0.39, 0.29) is 11.7 Å². The van der Waals surface area contributed by atoms with Gasteiger partial charge in [0.1, 0.15) is 5.75 Å². The number of hydrogen-bond donors (Lipinski definition) is 1. The van der Waals surface area contributed by atoms with E-state index < -0.39 is 0 Å². The molecule has 0 saturated heterocycles. The molecule has 0 radical (unpaired) electrons. The number of amides is 1. The van der Waals surface area contributed by atoms with Gasteiger partial charge in [-0.15, -0.1) is 10.2 Å². The Kier molecular flexibility index (Phi) is 8.11. The fourth-order valence-corrected chi connectivity index (χ4v) is 4.32. The van der Waals surface area contributed by atoms with Gasteiger partial charge in [0.2, 0.25) is 0 Å². The van der Waals surface area contributed by atoms with Crippen LogP contribution >= 0.6 is 27.7 Å². The third kappa shape index (κ3) is 6.12. The van der Waals surface area contributed by atoms with Crippen molar-refractivity contribution in [2.45, 2.75) is 12.1 Å². The Morgan fingerprint density at radius 2 is 1.88 bits per heavy atom. The standard InChI is InChI=1S/C25H22BrN5O2S/c1-2-33-22-13-11-21(12-14-22)31-24(19-8-4-3-5-9-19)29-30-25(31)34-17-23(32)28-27-16-18-7-6-10-20(26)15-18/h3-16H,2,17H2,1H3,(H,28,32). The van der Waals surface area contributed by atoms with Gasteiger partial charge in [0, 0.05) is 15.7 Å². The fourth-order valence-electron chi connectivity index (χ4n) is 3.16. The van der Waals surface area contributed by atoms with Gasteiger partial charge in [-0.1, -0.05) is 70.2 Å². The van der Waals surface area contributed by atoms with E-state index in [1.54, 1.807) is 6.21 Å². The highest BCUT2D eigenvalue weighted by Crippen LogP contribution is 2.28. The minimum absolute atomic E-state index is 0.139. The van der Waals surface area contributed by atoms with Crippen molar-refractivity contribution in [2.24, 2.45) is 5.10 Å². The Morgan fingerprint density at radius 3 is 2.62 bits per heavy atom. The number of carbonyl (C=O) groups excluding carboxylic acids is 1. The largest absolute Gasteiger partial charge is 0.494 e. The molecule has 3 aromatic carbocycles. The lowest BCUT2D eigenvalue weighted by molar-refractivity contribution is -0.118. The van der Waals surface area contributed by atoms with Gasteiger partial charge in [-0.05, 0) is 48.9 Å². The summed E-state index contributed by atoms with van der Waals surface area (Å²) < 4.78 is 8.45. The summed E-state index contributed by atoms with van der Waals surface area (Å²) in [5.41, 5.74) is 5.25. The number of ether oxygens (including phenoxy) is 1. The molecule has 0 aliphatic rings. The molecule has 9 heteroatoms. The zero-order valence-electron chi connectivity index (χ0n) is 18.4. The first-order valence-electron chi connectivity index (χ1n) is 10.6. The molecule has 0 saturated carbocycles. The van der Waals surface area contributed by atoms with Crippen LogP contribution in [0, 0.1) is 0 Å². The van der Waals surface area contributed by atoms with Gasteiger partial charge in [-0.25, -0.2) is 5.43 Å². The molecule has 7 nitrogen and oxygen atoms in total. The third-order valence-corrected chi connectivity index (χ3v) is 6.08. The number of thioether (sulfide) groups is 1. The second-order valence-corrected chi connectivity index (χ2v) is 8.93. The molecule has 4 aromatic rings. The summed E-state index contributed by atoms with van der Waals surface area (Å²) >= 11 is 4.71. The number of benzene rings is 3.